The van der Waals surface area contributed by atoms with E-state index in [0.717, 1.165) is 43.7 Å². The van der Waals surface area contributed by atoms with Gasteiger partial charge in [0.05, 0.1) is 11.9 Å². The van der Waals surface area contributed by atoms with Crippen molar-refractivity contribution in [2.24, 2.45) is 11.8 Å². The Hall–Kier alpha value is -1.41. The topological polar surface area (TPSA) is 75.5 Å². The Balaban J connectivity index is 1.56. The summed E-state index contributed by atoms with van der Waals surface area (Å²) in [6.45, 7) is 8.26. The lowest BCUT2D eigenvalue weighted by atomic mass is 9.88. The zero-order valence-electron chi connectivity index (χ0n) is 17.1. The summed E-state index contributed by atoms with van der Waals surface area (Å²) in [5, 5.41) is 4.52. The monoisotopic (exact) mass is 396 g/mol. The van der Waals surface area contributed by atoms with E-state index in [1.165, 1.54) is 16.1 Å². The van der Waals surface area contributed by atoms with E-state index in [0.29, 0.717) is 24.8 Å². The van der Waals surface area contributed by atoms with Gasteiger partial charge in [0.1, 0.15) is 0 Å². The molecule has 1 aliphatic heterocycles. The number of hydrogen-bond donors (Lipinski definition) is 0. The van der Waals surface area contributed by atoms with E-state index in [-0.39, 0.29) is 11.9 Å². The van der Waals surface area contributed by atoms with Gasteiger partial charge in [0.2, 0.25) is 15.9 Å². The average molecular weight is 397 g/mol. The van der Waals surface area contributed by atoms with Crippen LogP contribution in [0.2, 0.25) is 0 Å². The average Bonchev–Trinajstić information content (AvgIpc) is 3.14. The first kappa shape index (κ1) is 20.3. The summed E-state index contributed by atoms with van der Waals surface area (Å²) in [4.78, 5) is 14.7. The third kappa shape index (κ3) is 4.21. The molecular formula is C19H32N4O3S. The molecule has 3 atom stereocenters. The van der Waals surface area contributed by atoms with Gasteiger partial charge in [-0.15, -0.1) is 0 Å². The molecule has 1 aliphatic carbocycles. The van der Waals surface area contributed by atoms with Crippen molar-refractivity contribution >= 4 is 15.9 Å². The molecule has 0 radical (unpaired) electrons. The molecule has 1 saturated carbocycles. The van der Waals surface area contributed by atoms with Crippen molar-refractivity contribution in [1.29, 1.82) is 0 Å². The lowest BCUT2D eigenvalue weighted by Gasteiger charge is -2.35. The molecule has 2 aliphatic rings. The second-order valence-electron chi connectivity index (χ2n) is 8.32. The molecule has 7 nitrogen and oxygen atoms in total. The minimum Gasteiger partial charge on any atom is -0.342 e. The molecular weight excluding hydrogens is 364 g/mol. The molecule has 0 unspecified atom stereocenters. The van der Waals surface area contributed by atoms with E-state index in [2.05, 4.69) is 12.0 Å². The maximum absolute atomic E-state index is 12.7. The highest BCUT2D eigenvalue weighted by Gasteiger charge is 2.41. The van der Waals surface area contributed by atoms with Crippen molar-refractivity contribution in [3.63, 3.8) is 0 Å². The van der Waals surface area contributed by atoms with Gasteiger partial charge >= 0.3 is 0 Å². The Kier molecular flexibility index (Phi) is 5.68. The number of fused-ring (bicyclic) bond motifs is 1. The van der Waals surface area contributed by atoms with Crippen LogP contribution in [0.3, 0.4) is 0 Å². The van der Waals surface area contributed by atoms with Crippen LogP contribution in [0.25, 0.3) is 0 Å². The standard InChI is InChI=1S/C19H32N4O3S/c1-13-14(2)20-23(15(13)3)9-7-19(24)22-8-6-16-10-18(11-17(16)12-22)21(4)27(5,25)26/h16-18H,6-12H2,1-5H3/t16-,17-,18+/m1/s1. The summed E-state index contributed by atoms with van der Waals surface area (Å²) < 4.78 is 27.1. The van der Waals surface area contributed by atoms with Gasteiger partial charge in [-0.1, -0.05) is 0 Å². The number of amides is 1. The molecule has 1 aromatic rings. The highest BCUT2D eigenvalue weighted by Crippen LogP contribution is 2.40. The fourth-order valence-electron chi connectivity index (χ4n) is 4.61. The number of likely N-dealkylation sites (tertiary alicyclic amines) is 1. The number of aryl methyl sites for hydroxylation is 2. The molecule has 0 aromatic carbocycles. The van der Waals surface area contributed by atoms with Crippen LogP contribution in [0.15, 0.2) is 0 Å². The number of carbonyl (C=O) groups excluding carboxylic acids is 1. The summed E-state index contributed by atoms with van der Waals surface area (Å²) in [6, 6.07) is 0.0720. The van der Waals surface area contributed by atoms with Crippen LogP contribution in [0.1, 0.15) is 42.6 Å². The molecule has 1 amide bonds. The normalized spacial score (nSPS) is 25.9. The van der Waals surface area contributed by atoms with Gasteiger partial charge in [-0.3, -0.25) is 9.48 Å². The molecule has 27 heavy (non-hydrogen) atoms. The summed E-state index contributed by atoms with van der Waals surface area (Å²) in [5.41, 5.74) is 3.34. The van der Waals surface area contributed by atoms with Crippen molar-refractivity contribution in [3.05, 3.63) is 17.0 Å². The van der Waals surface area contributed by atoms with Gasteiger partial charge in [-0.25, -0.2) is 12.7 Å². The van der Waals surface area contributed by atoms with Gasteiger partial charge in [0.15, 0.2) is 0 Å². The second kappa shape index (κ2) is 7.54. The molecule has 3 rings (SSSR count). The zero-order valence-corrected chi connectivity index (χ0v) is 17.9. The van der Waals surface area contributed by atoms with Crippen molar-refractivity contribution in [2.45, 2.75) is 59.0 Å². The first-order valence-electron chi connectivity index (χ1n) is 9.79. The van der Waals surface area contributed by atoms with Crippen molar-refractivity contribution in [1.82, 2.24) is 19.0 Å². The third-order valence-corrected chi connectivity index (χ3v) is 8.06. The summed E-state index contributed by atoms with van der Waals surface area (Å²) >= 11 is 0. The minimum atomic E-state index is -3.16. The van der Waals surface area contributed by atoms with Gasteiger partial charge in [-0.2, -0.15) is 5.10 Å². The van der Waals surface area contributed by atoms with Crippen LogP contribution in [-0.2, 0) is 21.4 Å². The van der Waals surface area contributed by atoms with Crippen LogP contribution in [0, 0.1) is 32.6 Å². The first-order chi connectivity index (χ1) is 12.6. The van der Waals surface area contributed by atoms with E-state index in [1.54, 1.807) is 7.05 Å². The van der Waals surface area contributed by atoms with Crippen molar-refractivity contribution in [3.8, 4) is 0 Å². The molecule has 2 heterocycles. The van der Waals surface area contributed by atoms with Crippen LogP contribution >= 0.6 is 0 Å². The predicted octanol–water partition coefficient (Wildman–Crippen LogP) is 1.72. The molecule has 0 bridgehead atoms. The zero-order chi connectivity index (χ0) is 19.9. The minimum absolute atomic E-state index is 0.0720. The quantitative estimate of drug-likeness (QED) is 0.759. The van der Waals surface area contributed by atoms with E-state index in [1.807, 2.05) is 23.4 Å². The maximum Gasteiger partial charge on any atom is 0.224 e. The predicted molar refractivity (Wildman–Crippen MR) is 105 cm³/mol. The van der Waals surface area contributed by atoms with Gasteiger partial charge in [0, 0.05) is 44.8 Å². The Morgan fingerprint density at radius 2 is 1.89 bits per heavy atom. The van der Waals surface area contributed by atoms with Crippen LogP contribution in [0.4, 0.5) is 0 Å². The van der Waals surface area contributed by atoms with Gasteiger partial charge in [-0.05, 0) is 57.4 Å². The smallest absolute Gasteiger partial charge is 0.224 e. The first-order valence-corrected chi connectivity index (χ1v) is 11.6. The molecule has 1 aromatic heterocycles. The Bertz CT molecular complexity index is 817. The number of carbonyl (C=O) groups is 1. The number of rotatable bonds is 5. The highest BCUT2D eigenvalue weighted by molar-refractivity contribution is 7.88. The maximum atomic E-state index is 12.7. The fraction of sp³-hybridized carbons (Fsp3) is 0.789. The number of hydrogen-bond acceptors (Lipinski definition) is 4. The van der Waals surface area contributed by atoms with Crippen molar-refractivity contribution < 1.29 is 13.2 Å². The largest absolute Gasteiger partial charge is 0.342 e. The molecule has 0 N–H and O–H groups in total. The lowest BCUT2D eigenvalue weighted by molar-refractivity contribution is -0.133. The van der Waals surface area contributed by atoms with Gasteiger partial charge < -0.3 is 4.90 Å². The summed E-state index contributed by atoms with van der Waals surface area (Å²) in [7, 11) is -1.48. The number of aromatic nitrogens is 2. The van der Waals surface area contributed by atoms with E-state index >= 15 is 0 Å². The molecule has 8 heteroatoms. The Morgan fingerprint density at radius 3 is 2.48 bits per heavy atom. The Labute approximate surface area is 162 Å². The van der Waals surface area contributed by atoms with Crippen molar-refractivity contribution in [2.75, 3.05) is 26.4 Å². The Morgan fingerprint density at radius 1 is 1.22 bits per heavy atom. The van der Waals surface area contributed by atoms with Crippen LogP contribution < -0.4 is 0 Å². The van der Waals surface area contributed by atoms with E-state index < -0.39 is 10.0 Å². The molecule has 2 fully saturated rings. The molecule has 0 spiro atoms. The number of sulfonamides is 1. The summed E-state index contributed by atoms with van der Waals surface area (Å²) in [5.74, 6) is 1.12. The van der Waals surface area contributed by atoms with Crippen LogP contribution in [0.5, 0.6) is 0 Å². The van der Waals surface area contributed by atoms with E-state index in [9.17, 15) is 13.2 Å². The highest BCUT2D eigenvalue weighted by atomic mass is 32.2. The van der Waals surface area contributed by atoms with Gasteiger partial charge in [0.25, 0.3) is 0 Å². The number of nitrogens with zero attached hydrogens (tertiary/aromatic N) is 4. The summed E-state index contributed by atoms with van der Waals surface area (Å²) in [6.07, 6.45) is 4.48. The third-order valence-electron chi connectivity index (χ3n) is 6.71. The van der Waals surface area contributed by atoms with E-state index in [4.69, 9.17) is 0 Å². The molecule has 152 valence electrons. The SMILES string of the molecule is Cc1nn(CCC(=O)N2CC[C@@H]3C[C@H](N(C)S(C)(=O)=O)C[C@@H]3C2)c(C)c1C. The fourth-order valence-corrected chi connectivity index (χ4v) is 5.32. The molecule has 1 saturated heterocycles. The lowest BCUT2D eigenvalue weighted by Crippen LogP contribution is -2.42. The second-order valence-corrected chi connectivity index (χ2v) is 10.4. The number of piperidine rings is 1. The van der Waals surface area contributed by atoms with Crippen LogP contribution in [-0.4, -0.2) is 65.7 Å².